The van der Waals surface area contributed by atoms with Crippen LogP contribution in [0.5, 0.6) is 5.75 Å². The number of benzene rings is 1. The second kappa shape index (κ2) is 7.54. The average molecular weight is 258 g/mol. The van der Waals surface area contributed by atoms with Gasteiger partial charge < -0.3 is 14.8 Å². The van der Waals surface area contributed by atoms with Gasteiger partial charge in [0.25, 0.3) is 0 Å². The van der Waals surface area contributed by atoms with Gasteiger partial charge in [-0.1, -0.05) is 17.7 Å². The Bertz CT molecular complexity index is 338. The molecular formula is C13H20ClNO2. The lowest BCUT2D eigenvalue weighted by atomic mass is 10.00. The third-order valence-electron chi connectivity index (χ3n) is 2.55. The van der Waals surface area contributed by atoms with Crippen LogP contribution in [0, 0.1) is 0 Å². The van der Waals surface area contributed by atoms with Crippen LogP contribution in [0.3, 0.4) is 0 Å². The minimum atomic E-state index is 0.304. The van der Waals surface area contributed by atoms with Crippen LogP contribution in [-0.2, 0) is 4.74 Å². The van der Waals surface area contributed by atoms with Crippen molar-refractivity contribution in [1.29, 1.82) is 0 Å². The van der Waals surface area contributed by atoms with E-state index in [1.54, 1.807) is 7.11 Å². The van der Waals surface area contributed by atoms with Crippen molar-refractivity contribution in [2.75, 3.05) is 33.9 Å². The molecule has 0 saturated heterocycles. The zero-order valence-electron chi connectivity index (χ0n) is 10.6. The molecule has 0 heterocycles. The minimum absolute atomic E-state index is 0.304. The van der Waals surface area contributed by atoms with Gasteiger partial charge in [0.1, 0.15) is 5.75 Å². The number of rotatable bonds is 7. The molecule has 0 aliphatic heterocycles. The Balaban J connectivity index is 2.85. The summed E-state index contributed by atoms with van der Waals surface area (Å²) in [6, 6.07) is 5.91. The van der Waals surface area contributed by atoms with Gasteiger partial charge in [-0.2, -0.15) is 0 Å². The molecule has 0 fully saturated rings. The summed E-state index contributed by atoms with van der Waals surface area (Å²) in [6.45, 7) is 4.10. The summed E-state index contributed by atoms with van der Waals surface area (Å²) in [5.74, 6) is 1.04. The summed E-state index contributed by atoms with van der Waals surface area (Å²) in [5, 5.41) is 3.81. The van der Waals surface area contributed by atoms with Crippen LogP contribution < -0.4 is 10.1 Å². The SMILES string of the molecule is CCOc1ccc(C(CNC)COC)cc1Cl. The largest absolute Gasteiger partial charge is 0.492 e. The maximum Gasteiger partial charge on any atom is 0.137 e. The quantitative estimate of drug-likeness (QED) is 0.815. The lowest BCUT2D eigenvalue weighted by Gasteiger charge is -2.17. The molecular weight excluding hydrogens is 238 g/mol. The number of methoxy groups -OCH3 is 1. The van der Waals surface area contributed by atoms with Gasteiger partial charge >= 0.3 is 0 Å². The number of nitrogens with one attached hydrogen (secondary N) is 1. The molecule has 0 aliphatic carbocycles. The lowest BCUT2D eigenvalue weighted by molar-refractivity contribution is 0.178. The smallest absolute Gasteiger partial charge is 0.137 e. The monoisotopic (exact) mass is 257 g/mol. The first kappa shape index (κ1) is 14.3. The third kappa shape index (κ3) is 4.19. The summed E-state index contributed by atoms with van der Waals surface area (Å²) in [7, 11) is 3.64. The fourth-order valence-electron chi connectivity index (χ4n) is 1.76. The van der Waals surface area contributed by atoms with Gasteiger partial charge in [0.15, 0.2) is 0 Å². The molecule has 0 spiro atoms. The molecule has 0 aliphatic rings. The van der Waals surface area contributed by atoms with E-state index in [0.29, 0.717) is 24.2 Å². The highest BCUT2D eigenvalue weighted by Crippen LogP contribution is 2.28. The highest BCUT2D eigenvalue weighted by atomic mass is 35.5. The number of ether oxygens (including phenoxy) is 2. The summed E-state index contributed by atoms with van der Waals surface area (Å²) in [6.07, 6.45) is 0. The Hall–Kier alpha value is -0.770. The van der Waals surface area contributed by atoms with E-state index in [1.807, 2.05) is 32.2 Å². The van der Waals surface area contributed by atoms with E-state index >= 15 is 0 Å². The number of likely N-dealkylation sites (N-methyl/N-ethyl adjacent to an activating group) is 1. The minimum Gasteiger partial charge on any atom is -0.492 e. The van der Waals surface area contributed by atoms with E-state index in [9.17, 15) is 0 Å². The van der Waals surface area contributed by atoms with Crippen molar-refractivity contribution in [3.63, 3.8) is 0 Å². The third-order valence-corrected chi connectivity index (χ3v) is 2.84. The average Bonchev–Trinajstić information content (AvgIpc) is 2.32. The van der Waals surface area contributed by atoms with Gasteiger partial charge in [0.2, 0.25) is 0 Å². The Morgan fingerprint density at radius 3 is 2.71 bits per heavy atom. The molecule has 96 valence electrons. The van der Waals surface area contributed by atoms with Crippen molar-refractivity contribution in [2.45, 2.75) is 12.8 Å². The van der Waals surface area contributed by atoms with Crippen LogP contribution >= 0.6 is 11.6 Å². The van der Waals surface area contributed by atoms with Gasteiger partial charge in [0, 0.05) is 19.6 Å². The van der Waals surface area contributed by atoms with E-state index < -0.39 is 0 Å². The summed E-state index contributed by atoms with van der Waals surface area (Å²) in [5.41, 5.74) is 1.16. The number of hydrogen-bond donors (Lipinski definition) is 1. The van der Waals surface area contributed by atoms with Gasteiger partial charge in [-0.15, -0.1) is 0 Å². The van der Waals surface area contributed by atoms with Gasteiger partial charge in [-0.3, -0.25) is 0 Å². The molecule has 0 amide bonds. The first-order chi connectivity index (χ1) is 8.22. The molecule has 3 nitrogen and oxygen atoms in total. The van der Waals surface area contributed by atoms with Crippen LogP contribution in [0.1, 0.15) is 18.4 Å². The van der Waals surface area contributed by atoms with E-state index in [0.717, 1.165) is 17.9 Å². The molecule has 1 rings (SSSR count). The van der Waals surface area contributed by atoms with Crippen LogP contribution in [0.25, 0.3) is 0 Å². The van der Waals surface area contributed by atoms with E-state index in [2.05, 4.69) is 5.32 Å². The van der Waals surface area contributed by atoms with Crippen molar-refractivity contribution in [2.24, 2.45) is 0 Å². The van der Waals surface area contributed by atoms with Gasteiger partial charge in [-0.05, 0) is 31.7 Å². The molecule has 1 atom stereocenters. The molecule has 17 heavy (non-hydrogen) atoms. The maximum atomic E-state index is 6.17. The van der Waals surface area contributed by atoms with E-state index in [-0.39, 0.29) is 0 Å². The molecule has 0 saturated carbocycles. The fraction of sp³-hybridized carbons (Fsp3) is 0.538. The highest BCUT2D eigenvalue weighted by Gasteiger charge is 2.12. The zero-order valence-corrected chi connectivity index (χ0v) is 11.4. The number of hydrogen-bond acceptors (Lipinski definition) is 3. The van der Waals surface area contributed by atoms with Crippen LogP contribution in [0.4, 0.5) is 0 Å². The van der Waals surface area contributed by atoms with Crippen molar-refractivity contribution < 1.29 is 9.47 Å². The Morgan fingerprint density at radius 1 is 1.41 bits per heavy atom. The molecule has 0 bridgehead atoms. The molecule has 1 aromatic carbocycles. The van der Waals surface area contributed by atoms with Crippen molar-refractivity contribution in [3.05, 3.63) is 28.8 Å². The predicted molar refractivity (Wildman–Crippen MR) is 71.2 cm³/mol. The zero-order chi connectivity index (χ0) is 12.7. The topological polar surface area (TPSA) is 30.5 Å². The van der Waals surface area contributed by atoms with Crippen LogP contribution in [0.2, 0.25) is 5.02 Å². The standard InChI is InChI=1S/C13H20ClNO2/c1-4-17-13-6-5-10(7-12(13)14)11(8-15-2)9-16-3/h5-7,11,15H,4,8-9H2,1-3H3. The lowest BCUT2D eigenvalue weighted by Crippen LogP contribution is -2.20. The Labute approximate surface area is 108 Å². The predicted octanol–water partition coefficient (Wildman–Crippen LogP) is 2.69. The Kier molecular flexibility index (Phi) is 6.34. The molecule has 0 radical (unpaired) electrons. The fourth-order valence-corrected chi connectivity index (χ4v) is 2.01. The van der Waals surface area contributed by atoms with Crippen molar-refractivity contribution in [1.82, 2.24) is 5.32 Å². The second-order valence-electron chi connectivity index (χ2n) is 3.83. The van der Waals surface area contributed by atoms with Gasteiger partial charge in [0.05, 0.1) is 18.2 Å². The molecule has 1 unspecified atom stereocenters. The summed E-state index contributed by atoms with van der Waals surface area (Å²) < 4.78 is 10.6. The van der Waals surface area contributed by atoms with E-state index in [1.165, 1.54) is 0 Å². The Morgan fingerprint density at radius 2 is 2.18 bits per heavy atom. The first-order valence-corrected chi connectivity index (χ1v) is 6.16. The van der Waals surface area contributed by atoms with Gasteiger partial charge in [-0.25, -0.2) is 0 Å². The van der Waals surface area contributed by atoms with Crippen molar-refractivity contribution >= 4 is 11.6 Å². The van der Waals surface area contributed by atoms with Crippen LogP contribution in [-0.4, -0.2) is 33.9 Å². The van der Waals surface area contributed by atoms with Crippen molar-refractivity contribution in [3.8, 4) is 5.75 Å². The molecule has 1 N–H and O–H groups in total. The second-order valence-corrected chi connectivity index (χ2v) is 4.24. The highest BCUT2D eigenvalue weighted by molar-refractivity contribution is 6.32. The maximum absolute atomic E-state index is 6.17. The molecule has 1 aromatic rings. The number of halogens is 1. The molecule has 0 aromatic heterocycles. The molecule has 4 heteroatoms. The van der Waals surface area contributed by atoms with Crippen LogP contribution in [0.15, 0.2) is 18.2 Å². The normalized spacial score (nSPS) is 12.5. The van der Waals surface area contributed by atoms with E-state index in [4.69, 9.17) is 21.1 Å². The summed E-state index contributed by atoms with van der Waals surface area (Å²) in [4.78, 5) is 0. The first-order valence-electron chi connectivity index (χ1n) is 5.78. The summed E-state index contributed by atoms with van der Waals surface area (Å²) >= 11 is 6.17.